The maximum Gasteiger partial charge on any atom is 0.340 e. The molecule has 0 aliphatic rings. The van der Waals surface area contributed by atoms with Crippen molar-refractivity contribution in [3.05, 3.63) is 29.6 Å². The molecule has 1 rings (SSSR count). The lowest BCUT2D eigenvalue weighted by Crippen LogP contribution is -2.41. The van der Waals surface area contributed by atoms with Gasteiger partial charge in [0.2, 0.25) is 0 Å². The first-order valence-corrected chi connectivity index (χ1v) is 5.74. The standard InChI is InChI=1S/C13H16FNO4/c1-4-13(2,19-3)12(18)15-9-7-5-6-8(14)10(9)11(16)17/h5-7H,4H2,1-3H3,(H,15,18)(H,16,17). The summed E-state index contributed by atoms with van der Waals surface area (Å²) >= 11 is 0. The highest BCUT2D eigenvalue weighted by molar-refractivity contribution is 6.03. The van der Waals surface area contributed by atoms with E-state index in [-0.39, 0.29) is 5.69 Å². The van der Waals surface area contributed by atoms with Crippen molar-refractivity contribution in [3.63, 3.8) is 0 Å². The molecule has 19 heavy (non-hydrogen) atoms. The van der Waals surface area contributed by atoms with Crippen molar-refractivity contribution in [3.8, 4) is 0 Å². The summed E-state index contributed by atoms with van der Waals surface area (Å²) < 4.78 is 18.5. The predicted octanol–water partition coefficient (Wildman–Crippen LogP) is 2.28. The number of rotatable bonds is 5. The largest absolute Gasteiger partial charge is 0.478 e. The molecule has 0 aromatic heterocycles. The van der Waals surface area contributed by atoms with Crippen molar-refractivity contribution in [2.75, 3.05) is 12.4 Å². The van der Waals surface area contributed by atoms with Crippen LogP contribution in [0.2, 0.25) is 0 Å². The second-order valence-electron chi connectivity index (χ2n) is 4.21. The summed E-state index contributed by atoms with van der Waals surface area (Å²) in [6.45, 7) is 3.33. The minimum atomic E-state index is -1.44. The van der Waals surface area contributed by atoms with Crippen molar-refractivity contribution >= 4 is 17.6 Å². The number of hydrogen-bond donors (Lipinski definition) is 2. The Labute approximate surface area is 110 Å². The van der Waals surface area contributed by atoms with E-state index in [1.165, 1.54) is 19.2 Å². The molecule has 5 nitrogen and oxygen atoms in total. The van der Waals surface area contributed by atoms with Gasteiger partial charge in [-0.2, -0.15) is 0 Å². The van der Waals surface area contributed by atoms with Gasteiger partial charge in [-0.15, -0.1) is 0 Å². The van der Waals surface area contributed by atoms with Crippen LogP contribution < -0.4 is 5.32 Å². The summed E-state index contributed by atoms with van der Waals surface area (Å²) in [5.74, 6) is -2.87. The van der Waals surface area contributed by atoms with Gasteiger partial charge in [-0.1, -0.05) is 13.0 Å². The fourth-order valence-corrected chi connectivity index (χ4v) is 1.50. The number of halogens is 1. The van der Waals surface area contributed by atoms with Crippen LogP contribution in [0.25, 0.3) is 0 Å². The number of amides is 1. The summed E-state index contributed by atoms with van der Waals surface area (Å²) in [4.78, 5) is 23.0. The van der Waals surface area contributed by atoms with Crippen molar-refractivity contribution in [1.29, 1.82) is 0 Å². The van der Waals surface area contributed by atoms with Crippen LogP contribution in [0.1, 0.15) is 30.6 Å². The number of carbonyl (C=O) groups excluding carboxylic acids is 1. The number of ether oxygens (including phenoxy) is 1. The average Bonchev–Trinajstić information content (AvgIpc) is 2.37. The van der Waals surface area contributed by atoms with E-state index in [0.29, 0.717) is 6.42 Å². The van der Waals surface area contributed by atoms with Crippen molar-refractivity contribution in [2.45, 2.75) is 25.9 Å². The first-order chi connectivity index (χ1) is 8.85. The number of carboxylic acid groups (broad SMARTS) is 1. The van der Waals surface area contributed by atoms with Crippen LogP contribution in [0.15, 0.2) is 18.2 Å². The molecule has 1 aromatic rings. The minimum Gasteiger partial charge on any atom is -0.478 e. The second kappa shape index (κ2) is 5.79. The topological polar surface area (TPSA) is 75.6 Å². The molecule has 0 aliphatic carbocycles. The van der Waals surface area contributed by atoms with Crippen molar-refractivity contribution in [2.24, 2.45) is 0 Å². The minimum absolute atomic E-state index is 0.0887. The fourth-order valence-electron chi connectivity index (χ4n) is 1.50. The zero-order valence-electron chi connectivity index (χ0n) is 11.0. The third-order valence-corrected chi connectivity index (χ3v) is 3.08. The second-order valence-corrected chi connectivity index (χ2v) is 4.21. The molecule has 1 atom stereocenters. The number of carboxylic acids is 1. The van der Waals surface area contributed by atoms with Crippen LogP contribution in [-0.4, -0.2) is 29.7 Å². The number of nitrogens with one attached hydrogen (secondary N) is 1. The third-order valence-electron chi connectivity index (χ3n) is 3.08. The van der Waals surface area contributed by atoms with E-state index in [4.69, 9.17) is 9.84 Å². The summed E-state index contributed by atoms with van der Waals surface area (Å²) in [7, 11) is 1.38. The first kappa shape index (κ1) is 15.1. The van der Waals surface area contributed by atoms with Gasteiger partial charge >= 0.3 is 5.97 Å². The van der Waals surface area contributed by atoms with E-state index in [1.54, 1.807) is 13.8 Å². The highest BCUT2D eigenvalue weighted by Gasteiger charge is 2.32. The lowest BCUT2D eigenvalue weighted by atomic mass is 10.0. The van der Waals surface area contributed by atoms with Gasteiger partial charge in [-0.3, -0.25) is 4.79 Å². The molecule has 1 aromatic carbocycles. The van der Waals surface area contributed by atoms with E-state index in [9.17, 15) is 14.0 Å². The number of benzene rings is 1. The molecule has 6 heteroatoms. The first-order valence-electron chi connectivity index (χ1n) is 5.74. The number of anilines is 1. The molecule has 1 amide bonds. The third kappa shape index (κ3) is 3.08. The van der Waals surface area contributed by atoms with Gasteiger partial charge in [0.25, 0.3) is 5.91 Å². The summed E-state index contributed by atoms with van der Waals surface area (Å²) in [6.07, 6.45) is 0.396. The predicted molar refractivity (Wildman–Crippen MR) is 67.7 cm³/mol. The Hall–Kier alpha value is -1.95. The van der Waals surface area contributed by atoms with E-state index >= 15 is 0 Å². The Morgan fingerprint density at radius 2 is 2.11 bits per heavy atom. The maximum absolute atomic E-state index is 13.4. The van der Waals surface area contributed by atoms with E-state index < -0.39 is 28.9 Å². The van der Waals surface area contributed by atoms with Gasteiger partial charge in [0.15, 0.2) is 0 Å². The van der Waals surface area contributed by atoms with Gasteiger partial charge < -0.3 is 15.2 Å². The Bertz CT molecular complexity index is 497. The Balaban J connectivity index is 3.10. The Morgan fingerprint density at radius 3 is 2.58 bits per heavy atom. The lowest BCUT2D eigenvalue weighted by Gasteiger charge is -2.25. The van der Waals surface area contributed by atoms with Crippen LogP contribution in [0, 0.1) is 5.82 Å². The van der Waals surface area contributed by atoms with Gasteiger partial charge in [-0.25, -0.2) is 9.18 Å². The molecule has 0 radical (unpaired) electrons. The van der Waals surface area contributed by atoms with Crippen LogP contribution in [0.5, 0.6) is 0 Å². The summed E-state index contributed by atoms with van der Waals surface area (Å²) in [5, 5.41) is 11.3. The fraction of sp³-hybridized carbons (Fsp3) is 0.385. The molecule has 104 valence electrons. The van der Waals surface area contributed by atoms with Crippen LogP contribution in [0.3, 0.4) is 0 Å². The van der Waals surface area contributed by atoms with Crippen molar-refractivity contribution in [1.82, 2.24) is 0 Å². The van der Waals surface area contributed by atoms with Crippen molar-refractivity contribution < 1.29 is 23.8 Å². The number of methoxy groups -OCH3 is 1. The normalized spacial score (nSPS) is 13.7. The zero-order valence-corrected chi connectivity index (χ0v) is 11.0. The maximum atomic E-state index is 13.4. The molecule has 0 spiro atoms. The van der Waals surface area contributed by atoms with Gasteiger partial charge in [0, 0.05) is 7.11 Å². The Morgan fingerprint density at radius 1 is 1.47 bits per heavy atom. The van der Waals surface area contributed by atoms with E-state index in [0.717, 1.165) is 6.07 Å². The molecular weight excluding hydrogens is 253 g/mol. The lowest BCUT2D eigenvalue weighted by molar-refractivity contribution is -0.136. The van der Waals surface area contributed by atoms with Gasteiger partial charge in [0.05, 0.1) is 5.69 Å². The van der Waals surface area contributed by atoms with Crippen LogP contribution >= 0.6 is 0 Å². The van der Waals surface area contributed by atoms with E-state index in [2.05, 4.69) is 5.32 Å². The molecule has 0 aliphatic heterocycles. The monoisotopic (exact) mass is 269 g/mol. The number of carbonyl (C=O) groups is 2. The van der Waals surface area contributed by atoms with Gasteiger partial charge in [0.1, 0.15) is 17.0 Å². The molecule has 0 saturated heterocycles. The highest BCUT2D eigenvalue weighted by atomic mass is 19.1. The summed E-state index contributed by atoms with van der Waals surface area (Å²) in [5.41, 5.74) is -1.75. The smallest absolute Gasteiger partial charge is 0.340 e. The Kier molecular flexibility index (Phi) is 4.61. The molecule has 0 fully saturated rings. The number of aromatic carboxylic acids is 1. The molecule has 2 N–H and O–H groups in total. The molecular formula is C13H16FNO4. The molecule has 1 unspecified atom stereocenters. The number of hydrogen-bond acceptors (Lipinski definition) is 3. The molecule has 0 saturated carbocycles. The zero-order chi connectivity index (χ0) is 14.6. The quantitative estimate of drug-likeness (QED) is 0.859. The van der Waals surface area contributed by atoms with Gasteiger partial charge in [-0.05, 0) is 25.5 Å². The average molecular weight is 269 g/mol. The van der Waals surface area contributed by atoms with Crippen LogP contribution in [0.4, 0.5) is 10.1 Å². The summed E-state index contributed by atoms with van der Waals surface area (Å²) in [6, 6.07) is 3.68. The highest BCUT2D eigenvalue weighted by Crippen LogP contribution is 2.22. The molecule has 0 bridgehead atoms. The molecule has 0 heterocycles. The van der Waals surface area contributed by atoms with E-state index in [1.807, 2.05) is 0 Å². The SMILES string of the molecule is CCC(C)(OC)C(=O)Nc1cccc(F)c1C(=O)O. The van der Waals surface area contributed by atoms with Crippen LogP contribution in [-0.2, 0) is 9.53 Å².